The Kier molecular flexibility index (Phi) is 4.33. The molecule has 0 heterocycles. The maximum Gasteiger partial charge on any atom is 0.329 e. The molecule has 1 amide bonds. The average molecular weight is 227 g/mol. The highest BCUT2D eigenvalue weighted by Crippen LogP contribution is 2.27. The van der Waals surface area contributed by atoms with Crippen molar-refractivity contribution >= 4 is 11.9 Å². The zero-order chi connectivity index (χ0) is 12.2. The van der Waals surface area contributed by atoms with E-state index in [4.69, 9.17) is 5.11 Å². The highest BCUT2D eigenvalue weighted by molar-refractivity contribution is 5.86. The maximum absolute atomic E-state index is 11.7. The molecule has 0 aromatic rings. The van der Waals surface area contributed by atoms with Crippen LogP contribution in [-0.4, -0.2) is 22.5 Å². The monoisotopic (exact) mass is 227 g/mol. The Hall–Kier alpha value is -1.06. The van der Waals surface area contributed by atoms with Crippen LogP contribution in [0.1, 0.15) is 52.4 Å². The quantitative estimate of drug-likeness (QED) is 0.754. The number of carboxylic acid groups (broad SMARTS) is 1. The van der Waals surface area contributed by atoms with E-state index in [1.54, 1.807) is 13.8 Å². The number of aliphatic carboxylic acids is 1. The third-order valence-corrected chi connectivity index (χ3v) is 3.54. The molecule has 1 saturated carbocycles. The van der Waals surface area contributed by atoms with Gasteiger partial charge in [-0.1, -0.05) is 19.8 Å². The van der Waals surface area contributed by atoms with Crippen molar-refractivity contribution in [3.63, 3.8) is 0 Å². The summed E-state index contributed by atoms with van der Waals surface area (Å²) in [5, 5.41) is 11.7. The summed E-state index contributed by atoms with van der Waals surface area (Å²) >= 11 is 0. The summed E-state index contributed by atoms with van der Waals surface area (Å²) in [6.07, 6.45) is 5.47. The number of nitrogens with one attached hydrogen (secondary N) is 1. The number of amides is 1. The van der Waals surface area contributed by atoms with Gasteiger partial charge in [-0.3, -0.25) is 4.79 Å². The third kappa shape index (κ3) is 3.22. The normalized spacial score (nSPS) is 20.4. The molecule has 92 valence electrons. The summed E-state index contributed by atoms with van der Waals surface area (Å²) in [6.45, 7) is 3.33. The Bertz CT molecular complexity index is 271. The smallest absolute Gasteiger partial charge is 0.329 e. The second kappa shape index (κ2) is 5.32. The number of rotatable bonds is 5. The van der Waals surface area contributed by atoms with Gasteiger partial charge in [0.05, 0.1) is 0 Å². The summed E-state index contributed by atoms with van der Waals surface area (Å²) in [4.78, 5) is 22.7. The van der Waals surface area contributed by atoms with Crippen LogP contribution in [0.15, 0.2) is 0 Å². The molecule has 1 atom stereocenters. The van der Waals surface area contributed by atoms with Crippen LogP contribution in [0.3, 0.4) is 0 Å². The van der Waals surface area contributed by atoms with E-state index in [1.165, 1.54) is 12.8 Å². The van der Waals surface area contributed by atoms with Gasteiger partial charge in [0, 0.05) is 6.42 Å². The van der Waals surface area contributed by atoms with Gasteiger partial charge in [0.2, 0.25) is 5.91 Å². The first-order valence-corrected chi connectivity index (χ1v) is 6.02. The van der Waals surface area contributed by atoms with Crippen molar-refractivity contribution in [1.29, 1.82) is 0 Å². The van der Waals surface area contributed by atoms with Gasteiger partial charge in [-0.2, -0.15) is 0 Å². The van der Waals surface area contributed by atoms with Crippen LogP contribution in [-0.2, 0) is 9.59 Å². The third-order valence-electron chi connectivity index (χ3n) is 3.54. The number of carboxylic acids is 1. The van der Waals surface area contributed by atoms with Crippen LogP contribution in [0.5, 0.6) is 0 Å². The van der Waals surface area contributed by atoms with Crippen molar-refractivity contribution in [1.82, 2.24) is 5.32 Å². The second-order valence-electron chi connectivity index (χ2n) is 4.89. The first-order chi connectivity index (χ1) is 7.48. The van der Waals surface area contributed by atoms with Crippen molar-refractivity contribution in [3.8, 4) is 0 Å². The van der Waals surface area contributed by atoms with Crippen LogP contribution in [0, 0.1) is 5.92 Å². The minimum atomic E-state index is -1.12. The molecule has 0 aliphatic heterocycles. The molecule has 4 heteroatoms. The number of hydrogen-bond acceptors (Lipinski definition) is 2. The first kappa shape index (κ1) is 13.0. The lowest BCUT2D eigenvalue weighted by atomic mass is 9.97. The molecule has 0 bridgehead atoms. The van der Waals surface area contributed by atoms with E-state index in [0.29, 0.717) is 18.8 Å². The fourth-order valence-corrected chi connectivity index (χ4v) is 2.13. The summed E-state index contributed by atoms with van der Waals surface area (Å²) in [5.74, 6) is -0.636. The van der Waals surface area contributed by atoms with E-state index in [0.717, 1.165) is 12.8 Å². The first-order valence-electron chi connectivity index (χ1n) is 6.02. The molecule has 1 aliphatic rings. The van der Waals surface area contributed by atoms with Gasteiger partial charge in [-0.05, 0) is 32.1 Å². The van der Waals surface area contributed by atoms with Crippen LogP contribution >= 0.6 is 0 Å². The van der Waals surface area contributed by atoms with E-state index in [9.17, 15) is 9.59 Å². The molecule has 0 aromatic heterocycles. The summed E-state index contributed by atoms with van der Waals surface area (Å²) < 4.78 is 0. The average Bonchev–Trinajstić information content (AvgIpc) is 2.69. The van der Waals surface area contributed by atoms with Gasteiger partial charge >= 0.3 is 5.97 Å². The molecule has 1 unspecified atom stereocenters. The Morgan fingerprint density at radius 3 is 2.38 bits per heavy atom. The predicted molar refractivity (Wildman–Crippen MR) is 61.0 cm³/mol. The zero-order valence-electron chi connectivity index (χ0n) is 10.1. The van der Waals surface area contributed by atoms with E-state index in [-0.39, 0.29) is 5.91 Å². The van der Waals surface area contributed by atoms with E-state index in [2.05, 4.69) is 5.32 Å². The SMILES string of the molecule is CCC(C)(NC(=O)CC1CCCC1)C(=O)O. The summed E-state index contributed by atoms with van der Waals surface area (Å²) in [5.41, 5.74) is -1.12. The van der Waals surface area contributed by atoms with Crippen LogP contribution in [0.2, 0.25) is 0 Å². The molecular formula is C12H21NO3. The highest BCUT2D eigenvalue weighted by atomic mass is 16.4. The molecule has 1 fully saturated rings. The fourth-order valence-electron chi connectivity index (χ4n) is 2.13. The lowest BCUT2D eigenvalue weighted by molar-refractivity contribution is -0.147. The predicted octanol–water partition coefficient (Wildman–Crippen LogP) is 1.94. The number of carbonyl (C=O) groups excluding carboxylic acids is 1. The molecule has 4 nitrogen and oxygen atoms in total. The van der Waals surface area contributed by atoms with Gasteiger partial charge in [0.1, 0.15) is 5.54 Å². The molecule has 0 saturated heterocycles. The minimum Gasteiger partial charge on any atom is -0.480 e. The standard InChI is InChI=1S/C12H21NO3/c1-3-12(2,11(15)16)13-10(14)8-9-6-4-5-7-9/h9H,3-8H2,1-2H3,(H,13,14)(H,15,16). The molecule has 0 aromatic carbocycles. The molecule has 1 aliphatic carbocycles. The van der Waals surface area contributed by atoms with Crippen molar-refractivity contribution in [2.45, 2.75) is 57.9 Å². The molecular weight excluding hydrogens is 206 g/mol. The van der Waals surface area contributed by atoms with E-state index >= 15 is 0 Å². The topological polar surface area (TPSA) is 66.4 Å². The van der Waals surface area contributed by atoms with Crippen molar-refractivity contribution < 1.29 is 14.7 Å². The van der Waals surface area contributed by atoms with Gasteiger partial charge in [0.15, 0.2) is 0 Å². The molecule has 0 spiro atoms. The van der Waals surface area contributed by atoms with Crippen molar-refractivity contribution in [2.75, 3.05) is 0 Å². The minimum absolute atomic E-state index is 0.126. The van der Waals surface area contributed by atoms with Crippen LogP contribution in [0.25, 0.3) is 0 Å². The Morgan fingerprint density at radius 2 is 1.94 bits per heavy atom. The number of carbonyl (C=O) groups is 2. The number of hydrogen-bond donors (Lipinski definition) is 2. The van der Waals surface area contributed by atoms with Crippen LogP contribution < -0.4 is 5.32 Å². The van der Waals surface area contributed by atoms with Gasteiger partial charge in [-0.15, -0.1) is 0 Å². The van der Waals surface area contributed by atoms with E-state index in [1.807, 2.05) is 0 Å². The summed E-state index contributed by atoms with van der Waals surface area (Å²) in [6, 6.07) is 0. The van der Waals surface area contributed by atoms with Crippen molar-refractivity contribution in [2.24, 2.45) is 5.92 Å². The second-order valence-corrected chi connectivity index (χ2v) is 4.89. The molecule has 2 N–H and O–H groups in total. The molecule has 0 radical (unpaired) electrons. The largest absolute Gasteiger partial charge is 0.480 e. The molecule has 16 heavy (non-hydrogen) atoms. The summed E-state index contributed by atoms with van der Waals surface area (Å²) in [7, 11) is 0. The van der Waals surface area contributed by atoms with Crippen molar-refractivity contribution in [3.05, 3.63) is 0 Å². The Balaban J connectivity index is 2.45. The maximum atomic E-state index is 11.7. The van der Waals surface area contributed by atoms with Gasteiger partial charge in [-0.25, -0.2) is 4.79 Å². The Labute approximate surface area is 96.4 Å². The zero-order valence-corrected chi connectivity index (χ0v) is 10.1. The lowest BCUT2D eigenvalue weighted by Gasteiger charge is -2.25. The fraction of sp³-hybridized carbons (Fsp3) is 0.833. The van der Waals surface area contributed by atoms with Crippen LogP contribution in [0.4, 0.5) is 0 Å². The van der Waals surface area contributed by atoms with Gasteiger partial charge in [0.25, 0.3) is 0 Å². The van der Waals surface area contributed by atoms with Gasteiger partial charge < -0.3 is 10.4 Å². The molecule has 1 rings (SSSR count). The Morgan fingerprint density at radius 1 is 1.38 bits per heavy atom. The van der Waals surface area contributed by atoms with E-state index < -0.39 is 11.5 Å². The highest BCUT2D eigenvalue weighted by Gasteiger charge is 2.33. The lowest BCUT2D eigenvalue weighted by Crippen LogP contribution is -2.51.